The Labute approximate surface area is 71.5 Å². The molecule has 3 heteroatoms. The molecule has 12 heavy (non-hydrogen) atoms. The summed E-state index contributed by atoms with van der Waals surface area (Å²) in [5.41, 5.74) is 1.04. The van der Waals surface area contributed by atoms with Crippen molar-refractivity contribution in [2.24, 2.45) is 0 Å². The molecule has 0 spiro atoms. The van der Waals surface area contributed by atoms with Crippen LogP contribution in [0.15, 0.2) is 18.2 Å². The lowest BCUT2D eigenvalue weighted by molar-refractivity contribution is 0.0492. The third kappa shape index (κ3) is 2.13. The van der Waals surface area contributed by atoms with Crippen molar-refractivity contribution in [1.82, 2.24) is 0 Å². The van der Waals surface area contributed by atoms with Gasteiger partial charge in [-0.2, -0.15) is 0 Å². The van der Waals surface area contributed by atoms with Crippen molar-refractivity contribution in [2.75, 3.05) is 13.9 Å². The van der Waals surface area contributed by atoms with Gasteiger partial charge in [0, 0.05) is 7.11 Å². The highest BCUT2D eigenvalue weighted by atomic mass is 16.7. The number of hydrogen-bond donors (Lipinski definition) is 1. The summed E-state index contributed by atoms with van der Waals surface area (Å²) in [6.07, 6.45) is 0. The molecule has 0 heterocycles. The molecule has 0 amide bonds. The van der Waals surface area contributed by atoms with Gasteiger partial charge in [0.2, 0.25) is 0 Å². The molecule has 0 aliphatic rings. The average molecular weight is 168 g/mol. The number of methoxy groups -OCH3 is 1. The van der Waals surface area contributed by atoms with Gasteiger partial charge in [-0.05, 0) is 24.6 Å². The zero-order valence-corrected chi connectivity index (χ0v) is 7.20. The number of phenolic OH excluding ortho intramolecular Hbond substituents is 1. The number of ether oxygens (including phenoxy) is 2. The van der Waals surface area contributed by atoms with E-state index >= 15 is 0 Å². The molecule has 1 N–H and O–H groups in total. The highest BCUT2D eigenvalue weighted by Gasteiger charge is 2.00. The average Bonchev–Trinajstić information content (AvgIpc) is 2.07. The lowest BCUT2D eigenvalue weighted by Crippen LogP contribution is -1.98. The normalized spacial score (nSPS) is 9.83. The monoisotopic (exact) mass is 168 g/mol. The van der Waals surface area contributed by atoms with Crippen LogP contribution in [0.1, 0.15) is 5.56 Å². The second kappa shape index (κ2) is 3.97. The van der Waals surface area contributed by atoms with Crippen molar-refractivity contribution < 1.29 is 14.6 Å². The zero-order chi connectivity index (χ0) is 8.97. The van der Waals surface area contributed by atoms with Crippen LogP contribution in [0.3, 0.4) is 0 Å². The molecule has 0 aliphatic carbocycles. The SMILES string of the molecule is COCOc1cc(C)ccc1O. The molecule has 0 bridgehead atoms. The highest BCUT2D eigenvalue weighted by molar-refractivity contribution is 5.41. The first-order valence-electron chi connectivity index (χ1n) is 3.65. The Morgan fingerprint density at radius 3 is 2.83 bits per heavy atom. The van der Waals surface area contributed by atoms with Gasteiger partial charge < -0.3 is 14.6 Å². The maximum absolute atomic E-state index is 9.28. The van der Waals surface area contributed by atoms with Gasteiger partial charge >= 0.3 is 0 Å². The van der Waals surface area contributed by atoms with Crippen molar-refractivity contribution in [3.8, 4) is 11.5 Å². The minimum absolute atomic E-state index is 0.137. The molecule has 0 aromatic heterocycles. The first kappa shape index (κ1) is 8.87. The number of hydrogen-bond acceptors (Lipinski definition) is 3. The Kier molecular flexibility index (Phi) is 2.94. The van der Waals surface area contributed by atoms with Gasteiger partial charge in [0.1, 0.15) is 0 Å². The van der Waals surface area contributed by atoms with Crippen LogP contribution in [0.2, 0.25) is 0 Å². The Morgan fingerprint density at radius 2 is 2.17 bits per heavy atom. The van der Waals surface area contributed by atoms with Gasteiger partial charge in [0.25, 0.3) is 0 Å². The maximum atomic E-state index is 9.28. The minimum Gasteiger partial charge on any atom is -0.504 e. The van der Waals surface area contributed by atoms with Crippen LogP contribution in [0.25, 0.3) is 0 Å². The number of rotatable bonds is 3. The van der Waals surface area contributed by atoms with E-state index in [0.29, 0.717) is 5.75 Å². The quantitative estimate of drug-likeness (QED) is 0.698. The Balaban J connectivity index is 2.75. The molecule has 0 atom stereocenters. The zero-order valence-electron chi connectivity index (χ0n) is 7.20. The lowest BCUT2D eigenvalue weighted by atomic mass is 10.2. The largest absolute Gasteiger partial charge is 0.504 e. The van der Waals surface area contributed by atoms with Gasteiger partial charge in [-0.15, -0.1) is 0 Å². The molecule has 1 aromatic rings. The van der Waals surface area contributed by atoms with Crippen LogP contribution in [-0.4, -0.2) is 19.0 Å². The molecule has 1 aromatic carbocycles. The third-order valence-corrected chi connectivity index (χ3v) is 1.45. The summed E-state index contributed by atoms with van der Waals surface area (Å²) in [5.74, 6) is 0.592. The third-order valence-electron chi connectivity index (χ3n) is 1.45. The second-order valence-corrected chi connectivity index (χ2v) is 2.52. The number of phenols is 1. The fraction of sp³-hybridized carbons (Fsp3) is 0.333. The molecule has 66 valence electrons. The molecule has 0 saturated carbocycles. The van der Waals surface area contributed by atoms with E-state index in [1.54, 1.807) is 12.1 Å². The van der Waals surface area contributed by atoms with Crippen LogP contribution in [-0.2, 0) is 4.74 Å². The minimum atomic E-state index is 0.137. The Hall–Kier alpha value is -1.22. The van der Waals surface area contributed by atoms with Crippen molar-refractivity contribution in [3.63, 3.8) is 0 Å². The Morgan fingerprint density at radius 1 is 1.42 bits per heavy atom. The van der Waals surface area contributed by atoms with Crippen LogP contribution in [0.5, 0.6) is 11.5 Å². The molecule has 0 fully saturated rings. The van der Waals surface area contributed by atoms with Gasteiger partial charge in [-0.1, -0.05) is 6.07 Å². The van der Waals surface area contributed by atoms with E-state index < -0.39 is 0 Å². The predicted molar refractivity (Wildman–Crippen MR) is 45.3 cm³/mol. The van der Waals surface area contributed by atoms with Gasteiger partial charge in [0.15, 0.2) is 18.3 Å². The Bertz CT molecular complexity index is 258. The van der Waals surface area contributed by atoms with Gasteiger partial charge in [-0.3, -0.25) is 0 Å². The van der Waals surface area contributed by atoms with Crippen molar-refractivity contribution in [3.05, 3.63) is 23.8 Å². The molecule has 0 aliphatic heterocycles. The summed E-state index contributed by atoms with van der Waals surface area (Å²) in [7, 11) is 1.53. The highest BCUT2D eigenvalue weighted by Crippen LogP contribution is 2.26. The molecular formula is C9H12O3. The maximum Gasteiger partial charge on any atom is 0.188 e. The summed E-state index contributed by atoms with van der Waals surface area (Å²) in [4.78, 5) is 0. The fourth-order valence-corrected chi connectivity index (χ4v) is 0.859. The van der Waals surface area contributed by atoms with E-state index in [-0.39, 0.29) is 12.5 Å². The molecular weight excluding hydrogens is 156 g/mol. The van der Waals surface area contributed by atoms with Crippen LogP contribution >= 0.6 is 0 Å². The summed E-state index contributed by atoms with van der Waals surface area (Å²) < 4.78 is 9.80. The van der Waals surface area contributed by atoms with E-state index in [0.717, 1.165) is 5.56 Å². The van der Waals surface area contributed by atoms with Crippen molar-refractivity contribution in [1.29, 1.82) is 0 Å². The van der Waals surface area contributed by atoms with E-state index in [4.69, 9.17) is 9.47 Å². The molecule has 0 saturated heterocycles. The van der Waals surface area contributed by atoms with Gasteiger partial charge in [0.05, 0.1) is 0 Å². The summed E-state index contributed by atoms with van der Waals surface area (Å²) in [6, 6.07) is 5.17. The standard InChI is InChI=1S/C9H12O3/c1-7-3-4-8(10)9(5-7)12-6-11-2/h3-5,10H,6H2,1-2H3. The predicted octanol–water partition coefficient (Wildman–Crippen LogP) is 1.68. The first-order valence-corrected chi connectivity index (χ1v) is 3.65. The van der Waals surface area contributed by atoms with Gasteiger partial charge in [-0.25, -0.2) is 0 Å². The van der Waals surface area contributed by atoms with Crippen molar-refractivity contribution >= 4 is 0 Å². The molecule has 0 unspecified atom stereocenters. The fourth-order valence-electron chi connectivity index (χ4n) is 0.859. The lowest BCUT2D eigenvalue weighted by Gasteiger charge is -2.06. The summed E-state index contributed by atoms with van der Waals surface area (Å²) in [5, 5.41) is 9.28. The van der Waals surface area contributed by atoms with E-state index in [2.05, 4.69) is 0 Å². The number of aromatic hydroxyl groups is 1. The van der Waals surface area contributed by atoms with E-state index in [1.807, 2.05) is 13.0 Å². The van der Waals surface area contributed by atoms with E-state index in [9.17, 15) is 5.11 Å². The van der Waals surface area contributed by atoms with E-state index in [1.165, 1.54) is 7.11 Å². The number of aryl methyl sites for hydroxylation is 1. The summed E-state index contributed by atoms with van der Waals surface area (Å²) >= 11 is 0. The van der Waals surface area contributed by atoms with Crippen molar-refractivity contribution in [2.45, 2.75) is 6.92 Å². The number of benzene rings is 1. The second-order valence-electron chi connectivity index (χ2n) is 2.52. The van der Waals surface area contributed by atoms with Crippen LogP contribution < -0.4 is 4.74 Å². The molecule has 0 radical (unpaired) electrons. The molecule has 1 rings (SSSR count). The van der Waals surface area contributed by atoms with Crippen LogP contribution in [0.4, 0.5) is 0 Å². The topological polar surface area (TPSA) is 38.7 Å². The molecule has 3 nitrogen and oxygen atoms in total. The summed E-state index contributed by atoms with van der Waals surface area (Å²) in [6.45, 7) is 2.08. The van der Waals surface area contributed by atoms with Crippen LogP contribution in [0, 0.1) is 6.92 Å². The smallest absolute Gasteiger partial charge is 0.188 e. The first-order chi connectivity index (χ1) is 5.74.